The SMILES string of the molecule is CN1CCN(c2ccc(N=Cc3c(O)[nH]c(=O)c4ccc(-c5ccsc5)cc34)cn2)CC1. The van der Waals surface area contributed by atoms with E-state index >= 15 is 0 Å². The zero-order valence-electron chi connectivity index (χ0n) is 17.7. The summed E-state index contributed by atoms with van der Waals surface area (Å²) < 4.78 is 0. The standard InChI is InChI=1S/C24H23N5O2S/c1-28-7-9-29(10-8-28)22-5-3-18(13-26-22)25-14-21-20-12-16(17-6-11-32-15-17)2-4-19(20)23(30)27-24(21)31/h2-6,11-15H,7-10H2,1H3,(H2,27,30,31). The number of rotatable bonds is 4. The van der Waals surface area contributed by atoms with Crippen molar-refractivity contribution in [3.63, 3.8) is 0 Å². The van der Waals surface area contributed by atoms with Crippen LogP contribution >= 0.6 is 11.3 Å². The van der Waals surface area contributed by atoms with Crippen molar-refractivity contribution in [2.45, 2.75) is 0 Å². The molecule has 0 unspecified atom stereocenters. The van der Waals surface area contributed by atoms with Gasteiger partial charge in [-0.15, -0.1) is 0 Å². The van der Waals surface area contributed by atoms with E-state index in [0.717, 1.165) is 43.1 Å². The molecule has 0 aliphatic carbocycles. The van der Waals surface area contributed by atoms with Gasteiger partial charge >= 0.3 is 0 Å². The summed E-state index contributed by atoms with van der Waals surface area (Å²) in [6, 6.07) is 11.5. The molecule has 0 atom stereocenters. The highest BCUT2D eigenvalue weighted by Gasteiger charge is 2.15. The van der Waals surface area contributed by atoms with Crippen LogP contribution in [-0.2, 0) is 0 Å². The topological polar surface area (TPSA) is 84.8 Å². The quantitative estimate of drug-likeness (QED) is 0.466. The maximum absolute atomic E-state index is 12.4. The van der Waals surface area contributed by atoms with Crippen molar-refractivity contribution >= 4 is 39.8 Å². The Morgan fingerprint density at radius 2 is 1.94 bits per heavy atom. The maximum Gasteiger partial charge on any atom is 0.258 e. The Kier molecular flexibility index (Phi) is 5.46. The normalized spacial score (nSPS) is 15.1. The molecule has 1 aromatic carbocycles. The van der Waals surface area contributed by atoms with Crippen LogP contribution in [-0.4, -0.2) is 59.4 Å². The van der Waals surface area contributed by atoms with Crippen molar-refractivity contribution in [1.29, 1.82) is 0 Å². The zero-order chi connectivity index (χ0) is 22.1. The second-order valence-electron chi connectivity index (χ2n) is 7.91. The third-order valence-corrected chi connectivity index (χ3v) is 6.48. The largest absolute Gasteiger partial charge is 0.494 e. The van der Waals surface area contributed by atoms with E-state index in [9.17, 15) is 9.90 Å². The Bertz CT molecular complexity index is 1320. The average molecular weight is 446 g/mol. The van der Waals surface area contributed by atoms with Crippen LogP contribution < -0.4 is 10.5 Å². The fraction of sp³-hybridized carbons (Fsp3) is 0.208. The number of aliphatic imine (C=N–C) groups is 1. The molecule has 1 fully saturated rings. The molecule has 7 nitrogen and oxygen atoms in total. The Balaban J connectivity index is 1.46. The molecule has 0 bridgehead atoms. The Morgan fingerprint density at radius 1 is 1.09 bits per heavy atom. The number of aromatic nitrogens is 2. The number of anilines is 1. The number of benzene rings is 1. The van der Waals surface area contributed by atoms with Gasteiger partial charge in [0, 0.05) is 43.2 Å². The van der Waals surface area contributed by atoms with Crippen LogP contribution in [0, 0.1) is 0 Å². The highest BCUT2D eigenvalue weighted by Crippen LogP contribution is 2.29. The summed E-state index contributed by atoms with van der Waals surface area (Å²) in [7, 11) is 2.13. The van der Waals surface area contributed by atoms with Crippen molar-refractivity contribution in [3.8, 4) is 17.0 Å². The number of thiophene rings is 1. The van der Waals surface area contributed by atoms with Crippen LogP contribution in [0.3, 0.4) is 0 Å². The first kappa shape index (κ1) is 20.4. The lowest BCUT2D eigenvalue weighted by Crippen LogP contribution is -2.44. The van der Waals surface area contributed by atoms with Gasteiger partial charge in [0.05, 0.1) is 17.4 Å². The van der Waals surface area contributed by atoms with Gasteiger partial charge in [-0.05, 0) is 59.3 Å². The van der Waals surface area contributed by atoms with Crippen molar-refractivity contribution in [3.05, 3.63) is 69.3 Å². The number of fused-ring (bicyclic) bond motifs is 1. The minimum atomic E-state index is -0.329. The highest BCUT2D eigenvalue weighted by atomic mass is 32.1. The van der Waals surface area contributed by atoms with E-state index in [1.165, 1.54) is 0 Å². The summed E-state index contributed by atoms with van der Waals surface area (Å²) in [5.41, 5.74) is 2.88. The number of nitrogens with one attached hydrogen (secondary N) is 1. The van der Waals surface area contributed by atoms with Gasteiger partial charge in [0.1, 0.15) is 5.82 Å². The molecule has 5 rings (SSSR count). The van der Waals surface area contributed by atoms with Gasteiger partial charge in [0.2, 0.25) is 5.88 Å². The van der Waals surface area contributed by atoms with Crippen molar-refractivity contribution < 1.29 is 5.11 Å². The molecule has 1 aliphatic heterocycles. The van der Waals surface area contributed by atoms with Crippen molar-refractivity contribution in [2.24, 2.45) is 4.99 Å². The van der Waals surface area contributed by atoms with Gasteiger partial charge in [0.25, 0.3) is 5.56 Å². The maximum atomic E-state index is 12.4. The predicted molar refractivity (Wildman–Crippen MR) is 131 cm³/mol. The molecule has 0 saturated carbocycles. The summed E-state index contributed by atoms with van der Waals surface area (Å²) in [6.07, 6.45) is 3.31. The van der Waals surface area contributed by atoms with Gasteiger partial charge in [-0.3, -0.25) is 14.8 Å². The Hall–Kier alpha value is -3.49. The molecule has 0 amide bonds. The lowest BCUT2D eigenvalue weighted by atomic mass is 10.0. The molecule has 1 saturated heterocycles. The molecule has 8 heteroatoms. The molecular weight excluding hydrogens is 422 g/mol. The smallest absolute Gasteiger partial charge is 0.258 e. The van der Waals surface area contributed by atoms with Crippen LogP contribution in [0.2, 0.25) is 0 Å². The number of likely N-dealkylation sites (N-methyl/N-ethyl adjacent to an activating group) is 1. The minimum Gasteiger partial charge on any atom is -0.494 e. The van der Waals surface area contributed by atoms with E-state index in [1.54, 1.807) is 29.8 Å². The van der Waals surface area contributed by atoms with Crippen LogP contribution in [0.5, 0.6) is 5.88 Å². The zero-order valence-corrected chi connectivity index (χ0v) is 18.5. The average Bonchev–Trinajstić information content (AvgIpc) is 3.35. The van der Waals surface area contributed by atoms with E-state index in [4.69, 9.17) is 0 Å². The van der Waals surface area contributed by atoms with E-state index in [0.29, 0.717) is 22.0 Å². The van der Waals surface area contributed by atoms with Crippen molar-refractivity contribution in [1.82, 2.24) is 14.9 Å². The van der Waals surface area contributed by atoms with E-state index < -0.39 is 0 Å². The first-order chi connectivity index (χ1) is 15.6. The summed E-state index contributed by atoms with van der Waals surface area (Å²) in [5, 5.41) is 15.7. The first-order valence-electron chi connectivity index (χ1n) is 10.4. The Morgan fingerprint density at radius 3 is 2.66 bits per heavy atom. The second-order valence-corrected chi connectivity index (χ2v) is 8.69. The molecule has 162 valence electrons. The molecule has 3 aromatic heterocycles. The highest BCUT2D eigenvalue weighted by molar-refractivity contribution is 7.08. The van der Waals surface area contributed by atoms with Gasteiger partial charge in [-0.2, -0.15) is 11.3 Å². The third-order valence-electron chi connectivity index (χ3n) is 5.80. The van der Waals surface area contributed by atoms with E-state index in [2.05, 4.69) is 37.2 Å². The molecule has 32 heavy (non-hydrogen) atoms. The molecule has 0 spiro atoms. The van der Waals surface area contributed by atoms with Crippen LogP contribution in [0.15, 0.2) is 63.1 Å². The second kappa shape index (κ2) is 8.57. The number of hydrogen-bond acceptors (Lipinski definition) is 7. The van der Waals surface area contributed by atoms with Gasteiger partial charge in [-0.1, -0.05) is 6.07 Å². The van der Waals surface area contributed by atoms with Gasteiger partial charge in [0.15, 0.2) is 0 Å². The Labute approximate surface area is 189 Å². The predicted octanol–water partition coefficient (Wildman–Crippen LogP) is 3.86. The number of hydrogen-bond donors (Lipinski definition) is 2. The van der Waals surface area contributed by atoms with Crippen LogP contribution in [0.25, 0.3) is 21.9 Å². The number of pyridine rings is 2. The lowest BCUT2D eigenvalue weighted by molar-refractivity contribution is 0.312. The van der Waals surface area contributed by atoms with Crippen LogP contribution in [0.1, 0.15) is 5.56 Å². The first-order valence-corrected chi connectivity index (χ1v) is 11.4. The fourth-order valence-corrected chi connectivity index (χ4v) is 4.56. The molecular formula is C24H23N5O2S. The van der Waals surface area contributed by atoms with Crippen LogP contribution in [0.4, 0.5) is 11.5 Å². The molecule has 1 aliphatic rings. The fourth-order valence-electron chi connectivity index (χ4n) is 3.89. The van der Waals surface area contributed by atoms with E-state index in [1.807, 2.05) is 35.7 Å². The summed E-state index contributed by atoms with van der Waals surface area (Å²) in [5.74, 6) is 0.741. The third kappa shape index (κ3) is 4.02. The van der Waals surface area contributed by atoms with Gasteiger partial charge < -0.3 is 14.9 Å². The van der Waals surface area contributed by atoms with E-state index in [-0.39, 0.29) is 11.4 Å². The van der Waals surface area contributed by atoms with Gasteiger partial charge in [-0.25, -0.2) is 4.98 Å². The number of aromatic hydroxyl groups is 1. The van der Waals surface area contributed by atoms with Crippen molar-refractivity contribution in [2.75, 3.05) is 38.1 Å². The lowest BCUT2D eigenvalue weighted by Gasteiger charge is -2.33. The number of nitrogens with zero attached hydrogens (tertiary/aromatic N) is 4. The molecule has 2 N–H and O–H groups in total. The molecule has 4 aromatic rings. The minimum absolute atomic E-state index is 0.198. The molecule has 4 heterocycles. The monoisotopic (exact) mass is 445 g/mol. The molecule has 0 radical (unpaired) electrons. The summed E-state index contributed by atoms with van der Waals surface area (Å²) in [4.78, 5) is 28.5. The summed E-state index contributed by atoms with van der Waals surface area (Å²) >= 11 is 1.61. The number of aromatic amines is 1. The summed E-state index contributed by atoms with van der Waals surface area (Å²) in [6.45, 7) is 3.95. The number of H-pyrrole nitrogens is 1. The number of piperazine rings is 1.